The SMILES string of the molecule is CCOC(=O)c1cc(-c2cccnc2N)nc(-c2c(C)ccc3c2cnn3C2CCCCO2)c1N. The molecule has 0 aliphatic carbocycles. The molecule has 9 nitrogen and oxygen atoms in total. The van der Waals surface area contributed by atoms with Gasteiger partial charge in [0, 0.05) is 29.3 Å². The summed E-state index contributed by atoms with van der Waals surface area (Å²) in [6, 6.07) is 9.23. The van der Waals surface area contributed by atoms with Gasteiger partial charge in [-0.3, -0.25) is 0 Å². The molecule has 0 amide bonds. The zero-order chi connectivity index (χ0) is 24.5. The molecule has 0 bridgehead atoms. The molecule has 4 aromatic rings. The molecule has 1 aliphatic rings. The van der Waals surface area contributed by atoms with E-state index in [1.165, 1.54) is 0 Å². The Bertz CT molecular complexity index is 1410. The Labute approximate surface area is 203 Å². The smallest absolute Gasteiger partial charge is 0.340 e. The summed E-state index contributed by atoms with van der Waals surface area (Å²) in [5, 5.41) is 5.54. The molecule has 1 fully saturated rings. The van der Waals surface area contributed by atoms with E-state index in [0.29, 0.717) is 22.8 Å². The molecule has 4 N–H and O–H groups in total. The third kappa shape index (κ3) is 4.08. The molecule has 5 rings (SSSR count). The summed E-state index contributed by atoms with van der Waals surface area (Å²) in [7, 11) is 0. The highest BCUT2D eigenvalue weighted by molar-refractivity contribution is 6.04. The van der Waals surface area contributed by atoms with Crippen LogP contribution in [0.5, 0.6) is 0 Å². The maximum atomic E-state index is 12.9. The average Bonchev–Trinajstić information content (AvgIpc) is 3.30. The second kappa shape index (κ2) is 9.34. The van der Waals surface area contributed by atoms with Crippen LogP contribution in [0.25, 0.3) is 33.4 Å². The Morgan fingerprint density at radius 1 is 1.26 bits per heavy atom. The predicted octanol–water partition coefficient (Wildman–Crippen LogP) is 4.51. The lowest BCUT2D eigenvalue weighted by molar-refractivity contribution is -0.0366. The van der Waals surface area contributed by atoms with Gasteiger partial charge in [0.15, 0.2) is 6.23 Å². The van der Waals surface area contributed by atoms with Gasteiger partial charge in [0.2, 0.25) is 0 Å². The Morgan fingerprint density at radius 2 is 2.11 bits per heavy atom. The Kier molecular flexibility index (Phi) is 6.08. The van der Waals surface area contributed by atoms with Gasteiger partial charge in [-0.25, -0.2) is 19.4 Å². The van der Waals surface area contributed by atoms with E-state index in [-0.39, 0.29) is 24.1 Å². The monoisotopic (exact) mass is 472 g/mol. The van der Waals surface area contributed by atoms with Crippen LogP contribution in [0.4, 0.5) is 11.5 Å². The molecule has 9 heteroatoms. The highest BCUT2D eigenvalue weighted by Gasteiger charge is 2.25. The third-order valence-corrected chi connectivity index (χ3v) is 6.32. The number of carbonyl (C=O) groups excluding carboxylic acids is 1. The lowest BCUT2D eigenvalue weighted by atomic mass is 9.96. The number of carbonyl (C=O) groups is 1. The number of aromatic nitrogens is 4. The fourth-order valence-electron chi connectivity index (χ4n) is 4.59. The highest BCUT2D eigenvalue weighted by atomic mass is 16.5. The maximum Gasteiger partial charge on any atom is 0.340 e. The first-order chi connectivity index (χ1) is 17.0. The molecule has 0 radical (unpaired) electrons. The summed E-state index contributed by atoms with van der Waals surface area (Å²) in [5.41, 5.74) is 17.4. The number of hydrogen-bond acceptors (Lipinski definition) is 8. The summed E-state index contributed by atoms with van der Waals surface area (Å²) in [5.74, 6) is -0.212. The van der Waals surface area contributed by atoms with Crippen LogP contribution in [0.2, 0.25) is 0 Å². The van der Waals surface area contributed by atoms with Crippen molar-refractivity contribution in [3.63, 3.8) is 0 Å². The fraction of sp³-hybridized carbons (Fsp3) is 0.308. The molecule has 4 heterocycles. The molecular weight excluding hydrogens is 444 g/mol. The molecule has 1 unspecified atom stereocenters. The van der Waals surface area contributed by atoms with E-state index >= 15 is 0 Å². The number of hydrogen-bond donors (Lipinski definition) is 2. The second-order valence-electron chi connectivity index (χ2n) is 8.57. The van der Waals surface area contributed by atoms with Crippen LogP contribution in [0.1, 0.15) is 48.3 Å². The van der Waals surface area contributed by atoms with Crippen LogP contribution in [0.15, 0.2) is 42.7 Å². The number of rotatable bonds is 5. The number of fused-ring (bicyclic) bond motifs is 1. The van der Waals surface area contributed by atoms with Crippen molar-refractivity contribution >= 4 is 28.4 Å². The normalized spacial score (nSPS) is 15.9. The molecule has 1 atom stereocenters. The molecule has 1 aliphatic heterocycles. The van der Waals surface area contributed by atoms with Gasteiger partial charge in [0.05, 0.1) is 41.0 Å². The first-order valence-electron chi connectivity index (χ1n) is 11.8. The van der Waals surface area contributed by atoms with Gasteiger partial charge >= 0.3 is 5.97 Å². The highest BCUT2D eigenvalue weighted by Crippen LogP contribution is 2.39. The van der Waals surface area contributed by atoms with Crippen molar-refractivity contribution < 1.29 is 14.3 Å². The first-order valence-corrected chi connectivity index (χ1v) is 11.8. The molecule has 1 saturated heterocycles. The number of nitrogens with zero attached hydrogens (tertiary/aromatic N) is 4. The largest absolute Gasteiger partial charge is 0.462 e. The van der Waals surface area contributed by atoms with Crippen LogP contribution < -0.4 is 11.5 Å². The Hall–Kier alpha value is -3.98. The molecule has 1 aromatic carbocycles. The van der Waals surface area contributed by atoms with Crippen LogP contribution >= 0.6 is 0 Å². The minimum Gasteiger partial charge on any atom is -0.462 e. The van der Waals surface area contributed by atoms with E-state index < -0.39 is 5.97 Å². The topological polar surface area (TPSA) is 131 Å². The van der Waals surface area contributed by atoms with Crippen molar-refractivity contribution in [3.05, 3.63) is 53.9 Å². The third-order valence-electron chi connectivity index (χ3n) is 6.32. The zero-order valence-corrected chi connectivity index (χ0v) is 19.8. The summed E-state index contributed by atoms with van der Waals surface area (Å²) in [6.45, 7) is 4.68. The standard InChI is InChI=1S/C26H28N6O3/c1-3-34-26(33)17-13-19(16-7-6-11-29-25(16)28)31-24(23(17)27)22-15(2)9-10-20-18(22)14-30-32(20)21-8-4-5-12-35-21/h6-7,9-11,13-14,21H,3-5,8,12,27H2,1-2H3,(H2,28,29). The molecule has 0 spiro atoms. The van der Waals surface area contributed by atoms with Gasteiger partial charge in [-0.05, 0) is 62.9 Å². The number of pyridine rings is 2. The van der Waals surface area contributed by atoms with Crippen molar-refractivity contribution in [2.75, 3.05) is 24.7 Å². The number of nitrogens with two attached hydrogens (primary N) is 2. The van der Waals surface area contributed by atoms with E-state index in [4.69, 9.17) is 25.9 Å². The number of nitrogen functional groups attached to an aromatic ring is 2. The van der Waals surface area contributed by atoms with Crippen molar-refractivity contribution in [1.82, 2.24) is 19.7 Å². The van der Waals surface area contributed by atoms with Crippen LogP contribution in [0, 0.1) is 6.92 Å². The van der Waals surface area contributed by atoms with Gasteiger partial charge in [0.25, 0.3) is 0 Å². The van der Waals surface area contributed by atoms with Crippen molar-refractivity contribution in [2.45, 2.75) is 39.3 Å². The summed E-state index contributed by atoms with van der Waals surface area (Å²) in [4.78, 5) is 21.9. The van der Waals surface area contributed by atoms with Crippen molar-refractivity contribution in [1.29, 1.82) is 0 Å². The van der Waals surface area contributed by atoms with Crippen LogP contribution in [-0.2, 0) is 9.47 Å². The van der Waals surface area contributed by atoms with E-state index in [9.17, 15) is 4.79 Å². The van der Waals surface area contributed by atoms with Crippen LogP contribution in [-0.4, -0.2) is 38.9 Å². The summed E-state index contributed by atoms with van der Waals surface area (Å²) >= 11 is 0. The van der Waals surface area contributed by atoms with Gasteiger partial charge in [-0.15, -0.1) is 0 Å². The first kappa shape index (κ1) is 22.8. The molecular formula is C26H28N6O3. The lowest BCUT2D eigenvalue weighted by Gasteiger charge is -2.23. The lowest BCUT2D eigenvalue weighted by Crippen LogP contribution is -2.18. The minimum atomic E-state index is -0.520. The number of ether oxygens (including phenoxy) is 2. The molecule has 0 saturated carbocycles. The quantitative estimate of drug-likeness (QED) is 0.406. The van der Waals surface area contributed by atoms with E-state index in [2.05, 4.69) is 10.1 Å². The fourth-order valence-corrected chi connectivity index (χ4v) is 4.59. The van der Waals surface area contributed by atoms with Gasteiger partial charge in [-0.2, -0.15) is 5.10 Å². The maximum absolute atomic E-state index is 12.9. The second-order valence-corrected chi connectivity index (χ2v) is 8.57. The number of esters is 1. The van der Waals surface area contributed by atoms with E-state index in [0.717, 1.165) is 47.9 Å². The Balaban J connectivity index is 1.75. The number of benzene rings is 1. The van der Waals surface area contributed by atoms with Gasteiger partial charge in [-0.1, -0.05) is 6.07 Å². The average molecular weight is 473 g/mol. The van der Waals surface area contributed by atoms with E-state index in [1.807, 2.05) is 36.0 Å². The van der Waals surface area contributed by atoms with Crippen molar-refractivity contribution in [3.8, 4) is 22.5 Å². The van der Waals surface area contributed by atoms with Gasteiger partial charge in [0.1, 0.15) is 5.82 Å². The number of anilines is 2. The van der Waals surface area contributed by atoms with Crippen molar-refractivity contribution in [2.24, 2.45) is 0 Å². The Morgan fingerprint density at radius 3 is 2.86 bits per heavy atom. The zero-order valence-electron chi connectivity index (χ0n) is 19.8. The van der Waals surface area contributed by atoms with Gasteiger partial charge < -0.3 is 20.9 Å². The predicted molar refractivity (Wildman–Crippen MR) is 135 cm³/mol. The summed E-state index contributed by atoms with van der Waals surface area (Å²) in [6.07, 6.45) is 6.36. The minimum absolute atomic E-state index is 0.112. The molecule has 35 heavy (non-hydrogen) atoms. The molecule has 3 aromatic heterocycles. The van der Waals surface area contributed by atoms with Crippen LogP contribution in [0.3, 0.4) is 0 Å². The molecule has 180 valence electrons. The number of aryl methyl sites for hydroxylation is 1. The van der Waals surface area contributed by atoms with E-state index in [1.54, 1.807) is 25.3 Å². The summed E-state index contributed by atoms with van der Waals surface area (Å²) < 4.78 is 13.2.